The molecule has 3 heterocycles. The molecule has 1 saturated carbocycles. The SMILES string of the molecule is O=C(C1CC1)N1CCC(Cn2c(-c3ccc(-c4ccc(F)cc4)cc3)nc3c(Cl)ncnc32)C1. The van der Waals surface area contributed by atoms with E-state index >= 15 is 0 Å². The van der Waals surface area contributed by atoms with Gasteiger partial charge < -0.3 is 9.47 Å². The van der Waals surface area contributed by atoms with Gasteiger partial charge in [-0.25, -0.2) is 19.3 Å². The zero-order valence-electron chi connectivity index (χ0n) is 18.5. The van der Waals surface area contributed by atoms with Crippen LogP contribution in [0.1, 0.15) is 19.3 Å². The number of rotatable bonds is 5. The molecule has 6 nitrogen and oxygen atoms in total. The Labute approximate surface area is 201 Å². The van der Waals surface area contributed by atoms with Crippen molar-refractivity contribution in [3.05, 3.63) is 65.8 Å². The van der Waals surface area contributed by atoms with Crippen molar-refractivity contribution in [1.29, 1.82) is 0 Å². The normalized spacial score (nSPS) is 18.1. The van der Waals surface area contributed by atoms with Crippen molar-refractivity contribution in [3.8, 4) is 22.5 Å². The molecule has 1 aliphatic carbocycles. The van der Waals surface area contributed by atoms with Gasteiger partial charge in [-0.3, -0.25) is 4.79 Å². The molecular formula is C26H23ClFN5O. The molecule has 1 aliphatic heterocycles. The second-order valence-electron chi connectivity index (χ2n) is 9.18. The molecule has 172 valence electrons. The Hall–Kier alpha value is -3.32. The lowest BCUT2D eigenvalue weighted by Gasteiger charge is -2.17. The minimum atomic E-state index is -0.253. The molecule has 0 bridgehead atoms. The minimum absolute atomic E-state index is 0.245. The summed E-state index contributed by atoms with van der Waals surface area (Å²) >= 11 is 6.36. The highest BCUT2D eigenvalue weighted by molar-refractivity contribution is 6.33. The standard InChI is InChI=1S/C26H23ClFN5O/c27-23-22-25(30-15-29-23)33(14-16-11-12-32(13-16)26(34)20-5-6-20)24(31-22)19-3-1-17(2-4-19)18-7-9-21(28)10-8-18/h1-4,7-10,15-16,20H,5-6,11-14H2. The predicted molar refractivity (Wildman–Crippen MR) is 129 cm³/mol. The zero-order chi connectivity index (χ0) is 23.2. The first-order valence-electron chi connectivity index (χ1n) is 11.6. The Morgan fingerprint density at radius 1 is 0.971 bits per heavy atom. The van der Waals surface area contributed by atoms with Crippen molar-refractivity contribution in [2.75, 3.05) is 13.1 Å². The number of aromatic nitrogens is 4. The highest BCUT2D eigenvalue weighted by atomic mass is 35.5. The minimum Gasteiger partial charge on any atom is -0.342 e. The molecule has 2 fully saturated rings. The summed E-state index contributed by atoms with van der Waals surface area (Å²) < 4.78 is 15.4. The number of fused-ring (bicyclic) bond motifs is 1. The Morgan fingerprint density at radius 2 is 1.65 bits per heavy atom. The third-order valence-electron chi connectivity index (χ3n) is 6.77. The topological polar surface area (TPSA) is 63.9 Å². The van der Waals surface area contributed by atoms with Crippen LogP contribution in [0.4, 0.5) is 4.39 Å². The first-order valence-corrected chi connectivity index (χ1v) is 12.0. The molecule has 2 aromatic carbocycles. The fraction of sp³-hybridized carbons (Fsp3) is 0.308. The number of likely N-dealkylation sites (tertiary alicyclic amines) is 1. The van der Waals surface area contributed by atoms with Crippen LogP contribution in [0.3, 0.4) is 0 Å². The van der Waals surface area contributed by atoms with E-state index in [-0.39, 0.29) is 11.7 Å². The van der Waals surface area contributed by atoms with Crippen LogP contribution in [0.15, 0.2) is 54.9 Å². The maximum absolute atomic E-state index is 13.3. The van der Waals surface area contributed by atoms with E-state index in [0.717, 1.165) is 54.9 Å². The summed E-state index contributed by atoms with van der Waals surface area (Å²) in [7, 11) is 0. The molecule has 4 aromatic rings. The Balaban J connectivity index is 1.32. The molecule has 1 atom stereocenters. The molecule has 1 amide bonds. The van der Waals surface area contributed by atoms with Crippen LogP contribution in [-0.2, 0) is 11.3 Å². The third-order valence-corrected chi connectivity index (χ3v) is 7.05. The smallest absolute Gasteiger partial charge is 0.225 e. The van der Waals surface area contributed by atoms with Gasteiger partial charge in [0, 0.05) is 31.1 Å². The number of benzene rings is 2. The lowest BCUT2D eigenvalue weighted by molar-refractivity contribution is -0.131. The second-order valence-corrected chi connectivity index (χ2v) is 9.54. The van der Waals surface area contributed by atoms with E-state index in [0.29, 0.717) is 34.7 Å². The van der Waals surface area contributed by atoms with Gasteiger partial charge in [0.1, 0.15) is 23.5 Å². The van der Waals surface area contributed by atoms with Gasteiger partial charge in [0.15, 0.2) is 10.8 Å². The molecule has 2 aromatic heterocycles. The van der Waals surface area contributed by atoms with Crippen LogP contribution in [0.25, 0.3) is 33.7 Å². The number of amides is 1. The van der Waals surface area contributed by atoms with Crippen LogP contribution in [0, 0.1) is 17.7 Å². The van der Waals surface area contributed by atoms with Gasteiger partial charge in [0.2, 0.25) is 5.91 Å². The van der Waals surface area contributed by atoms with Crippen molar-refractivity contribution < 1.29 is 9.18 Å². The third kappa shape index (κ3) is 3.94. The molecule has 6 rings (SSSR count). The Kier molecular flexibility index (Phi) is 5.29. The number of imidazole rings is 1. The Morgan fingerprint density at radius 3 is 2.35 bits per heavy atom. The molecular weight excluding hydrogens is 453 g/mol. The van der Waals surface area contributed by atoms with Crippen molar-refractivity contribution in [3.63, 3.8) is 0 Å². The first kappa shape index (κ1) is 21.2. The monoisotopic (exact) mass is 475 g/mol. The van der Waals surface area contributed by atoms with Crippen LogP contribution in [0.5, 0.6) is 0 Å². The fourth-order valence-electron chi connectivity index (χ4n) is 4.78. The number of hydrogen-bond acceptors (Lipinski definition) is 4. The number of halogens is 2. The fourth-order valence-corrected chi connectivity index (χ4v) is 4.96. The van der Waals surface area contributed by atoms with Crippen molar-refractivity contribution in [1.82, 2.24) is 24.4 Å². The highest BCUT2D eigenvalue weighted by Crippen LogP contribution is 2.34. The molecule has 0 N–H and O–H groups in total. The maximum Gasteiger partial charge on any atom is 0.225 e. The molecule has 2 aliphatic rings. The van der Waals surface area contributed by atoms with Crippen LogP contribution in [-0.4, -0.2) is 43.4 Å². The maximum atomic E-state index is 13.3. The summed E-state index contributed by atoms with van der Waals surface area (Å²) in [5.74, 6) is 1.40. The van der Waals surface area contributed by atoms with Gasteiger partial charge in [-0.15, -0.1) is 0 Å². The summed E-state index contributed by atoms with van der Waals surface area (Å²) in [5, 5.41) is 0.324. The molecule has 1 unspecified atom stereocenters. The molecule has 0 radical (unpaired) electrons. The van der Waals surface area contributed by atoms with E-state index in [1.807, 2.05) is 29.2 Å². The molecule has 0 spiro atoms. The molecule has 1 saturated heterocycles. The van der Waals surface area contributed by atoms with Gasteiger partial charge in [-0.1, -0.05) is 48.0 Å². The van der Waals surface area contributed by atoms with Crippen LogP contribution in [0.2, 0.25) is 5.15 Å². The Bertz CT molecular complexity index is 1360. The number of carbonyl (C=O) groups is 1. The lowest BCUT2D eigenvalue weighted by Crippen LogP contribution is -2.30. The number of carbonyl (C=O) groups excluding carboxylic acids is 1. The van der Waals surface area contributed by atoms with Gasteiger partial charge in [-0.05, 0) is 48.4 Å². The van der Waals surface area contributed by atoms with Gasteiger partial charge in [-0.2, -0.15) is 0 Å². The molecule has 34 heavy (non-hydrogen) atoms. The summed E-state index contributed by atoms with van der Waals surface area (Å²) in [4.78, 5) is 27.9. The van der Waals surface area contributed by atoms with Gasteiger partial charge in [0.25, 0.3) is 0 Å². The van der Waals surface area contributed by atoms with Gasteiger partial charge in [0.05, 0.1) is 0 Å². The van der Waals surface area contributed by atoms with E-state index in [2.05, 4.69) is 14.5 Å². The van der Waals surface area contributed by atoms with Crippen molar-refractivity contribution in [2.45, 2.75) is 25.8 Å². The summed E-state index contributed by atoms with van der Waals surface area (Å²) in [5.41, 5.74) is 4.15. The van der Waals surface area contributed by atoms with E-state index in [4.69, 9.17) is 16.6 Å². The quantitative estimate of drug-likeness (QED) is 0.372. The van der Waals surface area contributed by atoms with E-state index in [1.165, 1.54) is 18.5 Å². The zero-order valence-corrected chi connectivity index (χ0v) is 19.2. The second kappa shape index (κ2) is 8.47. The number of nitrogens with zero attached hydrogens (tertiary/aromatic N) is 5. The summed E-state index contributed by atoms with van der Waals surface area (Å²) in [6.45, 7) is 2.27. The predicted octanol–water partition coefficient (Wildman–Crippen LogP) is 5.21. The van der Waals surface area contributed by atoms with E-state index in [1.54, 1.807) is 12.1 Å². The first-order chi connectivity index (χ1) is 16.6. The van der Waals surface area contributed by atoms with Gasteiger partial charge >= 0.3 is 0 Å². The van der Waals surface area contributed by atoms with Crippen LogP contribution >= 0.6 is 11.6 Å². The van der Waals surface area contributed by atoms with Crippen LogP contribution < -0.4 is 0 Å². The highest BCUT2D eigenvalue weighted by Gasteiger charge is 2.37. The average molecular weight is 476 g/mol. The van der Waals surface area contributed by atoms with Crippen molar-refractivity contribution in [2.24, 2.45) is 11.8 Å². The average Bonchev–Trinajstić information content (AvgIpc) is 3.49. The van der Waals surface area contributed by atoms with E-state index in [9.17, 15) is 9.18 Å². The summed E-state index contributed by atoms with van der Waals surface area (Å²) in [6.07, 6.45) is 4.47. The lowest BCUT2D eigenvalue weighted by atomic mass is 10.0. The van der Waals surface area contributed by atoms with E-state index < -0.39 is 0 Å². The largest absolute Gasteiger partial charge is 0.342 e. The van der Waals surface area contributed by atoms with Crippen molar-refractivity contribution >= 4 is 28.7 Å². The number of hydrogen-bond donors (Lipinski definition) is 0. The summed E-state index contributed by atoms with van der Waals surface area (Å²) in [6, 6.07) is 14.5. The molecule has 8 heteroatoms.